The molecule has 0 spiro atoms. The molecule has 136 valence electrons. The molecule has 1 heterocycles. The Balaban J connectivity index is 1.85. The van der Waals surface area contributed by atoms with Crippen LogP contribution in [0, 0.1) is 0 Å². The van der Waals surface area contributed by atoms with Crippen LogP contribution in [0.15, 0.2) is 48.8 Å². The summed E-state index contributed by atoms with van der Waals surface area (Å²) in [5.74, 6) is 0.0508. The lowest BCUT2D eigenvalue weighted by atomic mass is 9.95. The normalized spacial score (nSPS) is 16.4. The first-order valence-electron chi connectivity index (χ1n) is 9.67. The number of hydrogen-bond donors (Lipinski definition) is 1. The van der Waals surface area contributed by atoms with Crippen LogP contribution in [0.3, 0.4) is 0 Å². The number of fused-ring (bicyclic) bond motifs is 1. The highest BCUT2D eigenvalue weighted by molar-refractivity contribution is 5.80. The number of nitrogens with one attached hydrogen (secondary N) is 1. The van der Waals surface area contributed by atoms with E-state index < -0.39 is 0 Å². The zero-order chi connectivity index (χ0) is 18.4. The molecule has 1 aromatic heterocycles. The summed E-state index contributed by atoms with van der Waals surface area (Å²) in [6, 6.07) is 11.1. The summed E-state index contributed by atoms with van der Waals surface area (Å²) in [5, 5.41) is 3.05. The summed E-state index contributed by atoms with van der Waals surface area (Å²) >= 11 is 0. The van der Waals surface area contributed by atoms with Crippen LogP contribution in [-0.2, 0) is 17.6 Å². The highest BCUT2D eigenvalue weighted by Crippen LogP contribution is 2.30. The van der Waals surface area contributed by atoms with E-state index in [0.29, 0.717) is 0 Å². The topological polar surface area (TPSA) is 42.0 Å². The molecule has 3 nitrogen and oxygen atoms in total. The molecule has 1 aliphatic rings. The number of nitrogens with zero attached hydrogens (tertiary/aromatic N) is 1. The third-order valence-electron chi connectivity index (χ3n) is 4.99. The van der Waals surface area contributed by atoms with Crippen LogP contribution in [-0.4, -0.2) is 16.9 Å². The van der Waals surface area contributed by atoms with Gasteiger partial charge in [0, 0.05) is 30.9 Å². The van der Waals surface area contributed by atoms with Gasteiger partial charge in [-0.2, -0.15) is 0 Å². The largest absolute Gasteiger partial charge is 0.353 e. The van der Waals surface area contributed by atoms with Crippen molar-refractivity contribution in [3.63, 3.8) is 0 Å². The smallest absolute Gasteiger partial charge is 0.217 e. The Morgan fingerprint density at radius 2 is 2.04 bits per heavy atom. The Morgan fingerprint density at radius 1 is 1.19 bits per heavy atom. The standard InChI is InChI=1S/C23H28N2O/c1-3-4-5-6-9-23(20-8-7-12-24-16-20)19-11-10-18-14-22(25-17(2)26)15-21(18)13-19/h7-13,16,22H,3-6,14-15H2,1-2H3,(H,25,26). The van der Waals surface area contributed by atoms with Crippen LogP contribution in [0.4, 0.5) is 0 Å². The van der Waals surface area contributed by atoms with Crippen LogP contribution < -0.4 is 5.32 Å². The molecule has 1 aliphatic carbocycles. The van der Waals surface area contributed by atoms with E-state index in [9.17, 15) is 4.79 Å². The molecule has 1 aromatic carbocycles. The second kappa shape index (κ2) is 8.79. The minimum Gasteiger partial charge on any atom is -0.353 e. The highest BCUT2D eigenvalue weighted by Gasteiger charge is 2.22. The number of benzene rings is 1. The van der Waals surface area contributed by atoms with Crippen molar-refractivity contribution in [2.45, 2.75) is 58.4 Å². The Kier molecular flexibility index (Phi) is 6.21. The van der Waals surface area contributed by atoms with Gasteiger partial charge in [0.05, 0.1) is 0 Å². The second-order valence-corrected chi connectivity index (χ2v) is 7.14. The first-order valence-corrected chi connectivity index (χ1v) is 9.67. The van der Waals surface area contributed by atoms with Gasteiger partial charge >= 0.3 is 0 Å². The zero-order valence-corrected chi connectivity index (χ0v) is 15.8. The van der Waals surface area contributed by atoms with Gasteiger partial charge in [-0.15, -0.1) is 0 Å². The second-order valence-electron chi connectivity index (χ2n) is 7.14. The molecule has 2 aromatic rings. The molecule has 0 saturated carbocycles. The minimum atomic E-state index is 0.0508. The lowest BCUT2D eigenvalue weighted by Gasteiger charge is -2.11. The van der Waals surface area contributed by atoms with Gasteiger partial charge < -0.3 is 5.32 Å². The summed E-state index contributed by atoms with van der Waals surface area (Å²) in [4.78, 5) is 15.7. The van der Waals surface area contributed by atoms with Crippen molar-refractivity contribution in [3.05, 3.63) is 71.1 Å². The molecular weight excluding hydrogens is 320 g/mol. The molecule has 26 heavy (non-hydrogen) atoms. The summed E-state index contributed by atoms with van der Waals surface area (Å²) in [6.07, 6.45) is 12.8. The van der Waals surface area contributed by atoms with Gasteiger partial charge in [-0.1, -0.05) is 50.1 Å². The Hall–Kier alpha value is -2.42. The van der Waals surface area contributed by atoms with E-state index in [1.54, 1.807) is 6.92 Å². The van der Waals surface area contributed by atoms with E-state index in [0.717, 1.165) is 19.3 Å². The first kappa shape index (κ1) is 18.4. The van der Waals surface area contributed by atoms with Gasteiger partial charge in [0.25, 0.3) is 0 Å². The van der Waals surface area contributed by atoms with Crippen LogP contribution in [0.5, 0.6) is 0 Å². The number of amides is 1. The number of carbonyl (C=O) groups excluding carboxylic acids is 1. The lowest BCUT2D eigenvalue weighted by molar-refractivity contribution is -0.119. The van der Waals surface area contributed by atoms with Crippen molar-refractivity contribution in [2.75, 3.05) is 0 Å². The molecule has 1 atom stereocenters. The molecule has 0 aliphatic heterocycles. The zero-order valence-electron chi connectivity index (χ0n) is 15.8. The molecule has 0 bridgehead atoms. The fourth-order valence-corrected chi connectivity index (χ4v) is 3.74. The quantitative estimate of drug-likeness (QED) is 0.737. The van der Waals surface area contributed by atoms with Gasteiger partial charge in [0.1, 0.15) is 0 Å². The first-order chi connectivity index (χ1) is 12.7. The predicted molar refractivity (Wildman–Crippen MR) is 107 cm³/mol. The number of rotatable bonds is 7. The lowest BCUT2D eigenvalue weighted by Crippen LogP contribution is -2.33. The molecule has 0 fully saturated rings. The Labute approximate surface area is 156 Å². The monoisotopic (exact) mass is 348 g/mol. The third-order valence-corrected chi connectivity index (χ3v) is 4.99. The molecule has 1 N–H and O–H groups in total. The van der Waals surface area contributed by atoms with Crippen LogP contribution in [0.2, 0.25) is 0 Å². The molecule has 0 radical (unpaired) electrons. The summed E-state index contributed by atoms with van der Waals surface area (Å²) in [7, 11) is 0. The summed E-state index contributed by atoms with van der Waals surface area (Å²) < 4.78 is 0. The van der Waals surface area contributed by atoms with Crippen molar-refractivity contribution < 1.29 is 4.79 Å². The number of aromatic nitrogens is 1. The number of carbonyl (C=O) groups is 1. The maximum absolute atomic E-state index is 11.4. The molecule has 3 rings (SSSR count). The van der Waals surface area contributed by atoms with Gasteiger partial charge in [-0.3, -0.25) is 9.78 Å². The number of pyridine rings is 1. The number of allylic oxidation sites excluding steroid dienone is 1. The Morgan fingerprint density at radius 3 is 2.77 bits per heavy atom. The van der Waals surface area contributed by atoms with Crippen molar-refractivity contribution in [3.8, 4) is 0 Å². The SMILES string of the molecule is CCCCCC=C(c1cccnc1)c1ccc2c(c1)CC(NC(C)=O)C2. The molecular formula is C23H28N2O. The fraction of sp³-hybridized carbons (Fsp3) is 0.391. The van der Waals surface area contributed by atoms with Gasteiger partial charge in [0.2, 0.25) is 5.91 Å². The molecule has 1 unspecified atom stereocenters. The summed E-state index contributed by atoms with van der Waals surface area (Å²) in [6.45, 7) is 3.83. The van der Waals surface area contributed by atoms with Crippen LogP contribution >= 0.6 is 0 Å². The van der Waals surface area contributed by atoms with Gasteiger partial charge in [-0.05, 0) is 54.0 Å². The molecule has 0 saturated heterocycles. The maximum atomic E-state index is 11.4. The van der Waals surface area contributed by atoms with E-state index in [1.807, 2.05) is 18.5 Å². The van der Waals surface area contributed by atoms with E-state index in [-0.39, 0.29) is 11.9 Å². The van der Waals surface area contributed by atoms with E-state index in [2.05, 4.69) is 47.6 Å². The molecule has 1 amide bonds. The Bertz CT molecular complexity index is 780. The van der Waals surface area contributed by atoms with Crippen molar-refractivity contribution >= 4 is 11.5 Å². The van der Waals surface area contributed by atoms with Crippen LogP contribution in [0.1, 0.15) is 61.8 Å². The van der Waals surface area contributed by atoms with Crippen LogP contribution in [0.25, 0.3) is 5.57 Å². The molecule has 3 heteroatoms. The van der Waals surface area contributed by atoms with E-state index >= 15 is 0 Å². The van der Waals surface area contributed by atoms with Crippen molar-refractivity contribution in [1.82, 2.24) is 10.3 Å². The van der Waals surface area contributed by atoms with Crippen molar-refractivity contribution in [2.24, 2.45) is 0 Å². The number of hydrogen-bond acceptors (Lipinski definition) is 2. The maximum Gasteiger partial charge on any atom is 0.217 e. The van der Waals surface area contributed by atoms with Gasteiger partial charge in [-0.25, -0.2) is 0 Å². The number of unbranched alkanes of at least 4 members (excludes halogenated alkanes) is 3. The van der Waals surface area contributed by atoms with Gasteiger partial charge in [0.15, 0.2) is 0 Å². The average molecular weight is 348 g/mol. The predicted octanol–water partition coefficient (Wildman–Crippen LogP) is 4.70. The third kappa shape index (κ3) is 4.60. The van der Waals surface area contributed by atoms with Crippen molar-refractivity contribution in [1.29, 1.82) is 0 Å². The average Bonchev–Trinajstić information content (AvgIpc) is 3.03. The minimum absolute atomic E-state index is 0.0508. The highest BCUT2D eigenvalue weighted by atomic mass is 16.1. The summed E-state index contributed by atoms with van der Waals surface area (Å²) in [5.41, 5.74) is 6.38. The van der Waals surface area contributed by atoms with E-state index in [1.165, 1.54) is 47.1 Å². The van der Waals surface area contributed by atoms with E-state index in [4.69, 9.17) is 0 Å². The fourth-order valence-electron chi connectivity index (χ4n) is 3.74.